The Bertz CT molecular complexity index is 919. The Morgan fingerprint density at radius 3 is 2.80 bits per heavy atom. The summed E-state index contributed by atoms with van der Waals surface area (Å²) in [7, 11) is 2.01. The first-order valence-corrected chi connectivity index (χ1v) is 6.51. The Morgan fingerprint density at radius 2 is 2.00 bits per heavy atom. The molecule has 0 aliphatic carbocycles. The summed E-state index contributed by atoms with van der Waals surface area (Å²) in [5, 5.41) is 1.08. The molecular weight excluding hydrogens is 250 g/mol. The van der Waals surface area contributed by atoms with Gasteiger partial charge in [-0.25, -0.2) is 0 Å². The quantitative estimate of drug-likeness (QED) is 0.526. The Labute approximate surface area is 115 Å². The molecule has 1 aromatic carbocycles. The topological polar surface area (TPSA) is 43.9 Å². The van der Waals surface area contributed by atoms with E-state index in [1.807, 2.05) is 44.3 Å². The van der Waals surface area contributed by atoms with Crippen molar-refractivity contribution in [3.05, 3.63) is 48.4 Å². The largest absolute Gasteiger partial charge is 0.436 e. The summed E-state index contributed by atoms with van der Waals surface area (Å²) in [5.74, 6) is 0.948. The van der Waals surface area contributed by atoms with E-state index in [2.05, 4.69) is 20.6 Å². The average Bonchev–Trinajstić information content (AvgIpc) is 2.97. The number of aromatic nitrogens is 3. The minimum Gasteiger partial charge on any atom is -0.436 e. The summed E-state index contributed by atoms with van der Waals surface area (Å²) in [6, 6.07) is 12.0. The van der Waals surface area contributed by atoms with Crippen LogP contribution in [0.3, 0.4) is 0 Å². The number of pyridine rings is 1. The molecule has 0 saturated carbocycles. The molecule has 20 heavy (non-hydrogen) atoms. The van der Waals surface area contributed by atoms with Gasteiger partial charge in [-0.15, -0.1) is 0 Å². The summed E-state index contributed by atoms with van der Waals surface area (Å²) in [5.41, 5.74) is 4.48. The van der Waals surface area contributed by atoms with E-state index in [4.69, 9.17) is 4.42 Å². The van der Waals surface area contributed by atoms with Crippen LogP contribution >= 0.6 is 0 Å². The van der Waals surface area contributed by atoms with Crippen molar-refractivity contribution in [1.29, 1.82) is 0 Å². The van der Waals surface area contributed by atoms with Gasteiger partial charge < -0.3 is 8.98 Å². The van der Waals surface area contributed by atoms with Crippen molar-refractivity contribution in [1.82, 2.24) is 14.5 Å². The highest BCUT2D eigenvalue weighted by Gasteiger charge is 2.17. The van der Waals surface area contributed by atoms with E-state index in [1.165, 1.54) is 0 Å². The van der Waals surface area contributed by atoms with Crippen molar-refractivity contribution < 1.29 is 4.42 Å². The van der Waals surface area contributed by atoms with Crippen LogP contribution in [0.2, 0.25) is 0 Å². The number of furan rings is 1. The molecule has 4 nitrogen and oxygen atoms in total. The predicted octanol–water partition coefficient (Wildman–Crippen LogP) is 3.69. The molecule has 4 rings (SSSR count). The van der Waals surface area contributed by atoms with E-state index >= 15 is 0 Å². The van der Waals surface area contributed by atoms with Crippen LogP contribution in [0.25, 0.3) is 33.5 Å². The van der Waals surface area contributed by atoms with Crippen molar-refractivity contribution >= 4 is 22.2 Å². The Kier molecular flexibility index (Phi) is 2.21. The van der Waals surface area contributed by atoms with E-state index in [0.29, 0.717) is 5.71 Å². The van der Waals surface area contributed by atoms with E-state index in [9.17, 15) is 0 Å². The zero-order valence-corrected chi connectivity index (χ0v) is 11.3. The molecule has 0 aliphatic heterocycles. The van der Waals surface area contributed by atoms with Gasteiger partial charge in [-0.2, -0.15) is 4.98 Å². The molecule has 0 spiro atoms. The second-order valence-corrected chi connectivity index (χ2v) is 4.87. The molecule has 0 aliphatic rings. The molecule has 3 heterocycles. The van der Waals surface area contributed by atoms with E-state index in [-0.39, 0.29) is 0 Å². The van der Waals surface area contributed by atoms with Crippen molar-refractivity contribution in [2.24, 2.45) is 7.05 Å². The Hall–Kier alpha value is -2.62. The summed E-state index contributed by atoms with van der Waals surface area (Å²) < 4.78 is 8.03. The minimum absolute atomic E-state index is 0.684. The number of fused-ring (bicyclic) bond motifs is 3. The molecule has 0 unspecified atom stereocenters. The fourth-order valence-electron chi connectivity index (χ4n) is 2.60. The maximum Gasteiger partial charge on any atom is 0.246 e. The van der Waals surface area contributed by atoms with Crippen LogP contribution in [0, 0.1) is 6.92 Å². The highest BCUT2D eigenvalue weighted by molar-refractivity contribution is 6.06. The maximum atomic E-state index is 5.97. The van der Waals surface area contributed by atoms with Gasteiger partial charge in [-0.1, -0.05) is 12.1 Å². The summed E-state index contributed by atoms with van der Waals surface area (Å²) in [4.78, 5) is 8.87. The molecule has 0 N–H and O–H groups in total. The number of hydrogen-bond acceptors (Lipinski definition) is 3. The lowest BCUT2D eigenvalue weighted by atomic mass is 10.1. The molecule has 0 bridgehead atoms. The van der Waals surface area contributed by atoms with Crippen molar-refractivity contribution in [3.8, 4) is 11.3 Å². The molecule has 0 atom stereocenters. The fourth-order valence-corrected chi connectivity index (χ4v) is 2.60. The van der Waals surface area contributed by atoms with Crippen LogP contribution in [0.1, 0.15) is 5.82 Å². The van der Waals surface area contributed by atoms with Crippen LogP contribution < -0.4 is 0 Å². The predicted molar refractivity (Wildman–Crippen MR) is 78.5 cm³/mol. The van der Waals surface area contributed by atoms with Gasteiger partial charge in [0, 0.05) is 24.2 Å². The number of benzene rings is 1. The molecule has 0 radical (unpaired) electrons. The summed E-state index contributed by atoms with van der Waals surface area (Å²) >= 11 is 0. The average molecular weight is 263 g/mol. The monoisotopic (exact) mass is 263 g/mol. The zero-order chi connectivity index (χ0) is 13.7. The van der Waals surface area contributed by atoms with E-state index < -0.39 is 0 Å². The number of imidazole rings is 1. The second-order valence-electron chi connectivity index (χ2n) is 4.87. The number of para-hydroxylation sites is 1. The van der Waals surface area contributed by atoms with Gasteiger partial charge in [0.25, 0.3) is 0 Å². The van der Waals surface area contributed by atoms with Crippen LogP contribution in [0.4, 0.5) is 0 Å². The van der Waals surface area contributed by atoms with Gasteiger partial charge in [0.1, 0.15) is 16.9 Å². The van der Waals surface area contributed by atoms with Crippen molar-refractivity contribution in [2.45, 2.75) is 6.92 Å². The number of nitrogens with zero attached hydrogens (tertiary/aromatic N) is 3. The molecule has 4 aromatic rings. The van der Waals surface area contributed by atoms with Crippen LogP contribution in [0.15, 0.2) is 47.0 Å². The third-order valence-electron chi connectivity index (χ3n) is 3.70. The van der Waals surface area contributed by atoms with Gasteiger partial charge in [0.15, 0.2) is 0 Å². The number of rotatable bonds is 1. The number of hydrogen-bond donors (Lipinski definition) is 0. The van der Waals surface area contributed by atoms with Gasteiger partial charge in [0.05, 0.1) is 5.69 Å². The van der Waals surface area contributed by atoms with Crippen LogP contribution in [0.5, 0.6) is 0 Å². The normalized spacial score (nSPS) is 11.5. The standard InChI is InChI=1S/C16H13N3O/c1-10-18-16-14(19(10)2)12-7-5-6-11(15(12)20-16)13-8-3-4-9-17-13/h3-9H,1-2H3. The van der Waals surface area contributed by atoms with E-state index in [1.54, 1.807) is 6.20 Å². The fraction of sp³-hybridized carbons (Fsp3) is 0.125. The molecule has 0 amide bonds. The smallest absolute Gasteiger partial charge is 0.246 e. The van der Waals surface area contributed by atoms with Crippen molar-refractivity contribution in [2.75, 3.05) is 0 Å². The van der Waals surface area contributed by atoms with Crippen LogP contribution in [-0.4, -0.2) is 14.5 Å². The molecular formula is C16H13N3O. The second kappa shape index (κ2) is 3.93. The SMILES string of the molecule is Cc1nc2oc3c(-c4ccccn4)cccc3c2n1C. The Balaban J connectivity index is 2.12. The highest BCUT2D eigenvalue weighted by Crippen LogP contribution is 2.34. The minimum atomic E-state index is 0.684. The first-order valence-electron chi connectivity index (χ1n) is 6.51. The van der Waals surface area contributed by atoms with Crippen LogP contribution in [-0.2, 0) is 7.05 Å². The Morgan fingerprint density at radius 1 is 1.10 bits per heavy atom. The highest BCUT2D eigenvalue weighted by atomic mass is 16.3. The summed E-state index contributed by atoms with van der Waals surface area (Å²) in [6.45, 7) is 1.98. The molecule has 3 aromatic heterocycles. The third kappa shape index (κ3) is 1.42. The number of aryl methyl sites for hydroxylation is 2. The lowest BCUT2D eigenvalue weighted by Crippen LogP contribution is -1.90. The zero-order valence-electron chi connectivity index (χ0n) is 11.3. The summed E-state index contributed by atoms with van der Waals surface area (Å²) in [6.07, 6.45) is 1.79. The van der Waals surface area contributed by atoms with Gasteiger partial charge >= 0.3 is 0 Å². The molecule has 0 saturated heterocycles. The third-order valence-corrected chi connectivity index (χ3v) is 3.70. The van der Waals surface area contributed by atoms with E-state index in [0.717, 1.165) is 33.6 Å². The van der Waals surface area contributed by atoms with Crippen molar-refractivity contribution in [3.63, 3.8) is 0 Å². The lowest BCUT2D eigenvalue weighted by molar-refractivity contribution is 0.655. The van der Waals surface area contributed by atoms with Gasteiger partial charge in [-0.05, 0) is 31.2 Å². The van der Waals surface area contributed by atoms with Gasteiger partial charge in [-0.3, -0.25) is 4.98 Å². The first kappa shape index (κ1) is 11.2. The first-order chi connectivity index (χ1) is 9.75. The van der Waals surface area contributed by atoms with Gasteiger partial charge in [0.2, 0.25) is 5.71 Å². The maximum absolute atomic E-state index is 5.97. The molecule has 0 fully saturated rings. The molecule has 98 valence electrons. The molecule has 4 heteroatoms. The lowest BCUT2D eigenvalue weighted by Gasteiger charge is -2.01.